The molecule has 10 nitrogen and oxygen atoms in total. The summed E-state index contributed by atoms with van der Waals surface area (Å²) < 4.78 is 21.1. The van der Waals surface area contributed by atoms with Crippen LogP contribution >= 0.6 is 27.7 Å². The lowest BCUT2D eigenvalue weighted by atomic mass is 10.0. The second-order valence-electron chi connectivity index (χ2n) is 3.33. The highest BCUT2D eigenvalue weighted by molar-refractivity contribution is 7.95. The van der Waals surface area contributed by atoms with Crippen LogP contribution in [0.2, 0.25) is 0 Å². The van der Waals surface area contributed by atoms with E-state index in [4.69, 9.17) is 43.7 Å². The van der Waals surface area contributed by atoms with Crippen molar-refractivity contribution < 1.29 is 48.1 Å². The largest absolute Gasteiger partial charge is 0.822 e. The lowest BCUT2D eigenvalue weighted by Gasteiger charge is -2.36. The molecule has 0 atom stereocenters. The SMILES string of the molecule is O=P([O-])([O-])[O-].O=P([O-])([O-])[O-].OOSC1CCCCC1. The van der Waals surface area contributed by atoms with Crippen molar-refractivity contribution in [1.29, 1.82) is 0 Å². The molecule has 1 aliphatic rings. The van der Waals surface area contributed by atoms with Crippen LogP contribution in [0, 0.1) is 0 Å². The van der Waals surface area contributed by atoms with Gasteiger partial charge in [0, 0.05) is 17.3 Å². The van der Waals surface area contributed by atoms with E-state index in [2.05, 4.69) is 4.33 Å². The van der Waals surface area contributed by atoms with Crippen LogP contribution in [0.15, 0.2) is 0 Å². The van der Waals surface area contributed by atoms with E-state index in [-0.39, 0.29) is 0 Å². The Morgan fingerprint density at radius 3 is 1.47 bits per heavy atom. The van der Waals surface area contributed by atoms with Crippen molar-refractivity contribution >= 4 is 27.7 Å². The molecule has 19 heavy (non-hydrogen) atoms. The van der Waals surface area contributed by atoms with E-state index in [9.17, 15) is 0 Å². The predicted octanol–water partition coefficient (Wildman–Crippen LogP) is -3.19. The second kappa shape index (κ2) is 11.2. The summed E-state index contributed by atoms with van der Waals surface area (Å²) in [5.41, 5.74) is 0. The molecular weight excluding hydrogens is 326 g/mol. The summed E-state index contributed by atoms with van der Waals surface area (Å²) >= 11 is 1.21. The molecule has 0 amide bonds. The molecule has 1 rings (SSSR count). The number of rotatable bonds is 2. The lowest BCUT2D eigenvalue weighted by molar-refractivity contribution is -0.434. The third kappa shape index (κ3) is 38.1. The van der Waals surface area contributed by atoms with E-state index in [1.165, 1.54) is 44.1 Å². The average Bonchev–Trinajstić information content (AvgIpc) is 2.14. The molecule has 13 heteroatoms. The van der Waals surface area contributed by atoms with E-state index >= 15 is 0 Å². The molecule has 1 fully saturated rings. The van der Waals surface area contributed by atoms with Crippen LogP contribution in [0.4, 0.5) is 0 Å². The normalized spacial score (nSPS) is 16.8. The van der Waals surface area contributed by atoms with E-state index in [0.717, 1.165) is 0 Å². The molecule has 0 unspecified atom stereocenters. The molecule has 0 aromatic heterocycles. The first kappa shape index (κ1) is 21.8. The predicted molar refractivity (Wildman–Crippen MR) is 53.4 cm³/mol. The fourth-order valence-corrected chi connectivity index (χ4v) is 1.87. The monoisotopic (exact) mass is 338 g/mol. The Kier molecular flexibility index (Phi) is 12.8. The van der Waals surface area contributed by atoms with Gasteiger partial charge in [0.25, 0.3) is 0 Å². The third-order valence-electron chi connectivity index (χ3n) is 1.73. The number of hydrogen-bond acceptors (Lipinski definition) is 11. The Morgan fingerprint density at radius 2 is 1.21 bits per heavy atom. The van der Waals surface area contributed by atoms with Gasteiger partial charge in [-0.1, -0.05) is 19.3 Å². The van der Waals surface area contributed by atoms with E-state index in [0.29, 0.717) is 5.25 Å². The molecule has 0 heterocycles. The summed E-state index contributed by atoms with van der Waals surface area (Å²) in [4.78, 5) is 51.3. The Labute approximate surface area is 114 Å². The summed E-state index contributed by atoms with van der Waals surface area (Å²) in [7, 11) is -10.8. The molecule has 1 saturated carbocycles. The lowest BCUT2D eigenvalue weighted by Crippen LogP contribution is -2.24. The average molecular weight is 338 g/mol. The first-order chi connectivity index (χ1) is 8.43. The van der Waals surface area contributed by atoms with Gasteiger partial charge in [-0.05, 0) is 12.8 Å². The first-order valence-corrected chi connectivity index (χ1v) is 8.59. The Morgan fingerprint density at radius 1 is 0.895 bits per heavy atom. The molecule has 0 radical (unpaired) electrons. The smallest absolute Gasteiger partial charge is 0.0345 e. The van der Waals surface area contributed by atoms with E-state index in [1.807, 2.05) is 0 Å². The van der Waals surface area contributed by atoms with Crippen LogP contribution < -0.4 is 29.4 Å². The first-order valence-electron chi connectivity index (χ1n) is 4.86. The highest BCUT2D eigenvalue weighted by atomic mass is 32.2. The summed E-state index contributed by atoms with van der Waals surface area (Å²) in [5.74, 6) is 0. The zero-order valence-electron chi connectivity index (χ0n) is 9.54. The molecular formula is C6H12O10P2S-6. The number of phosphoric acid groups is 2. The quantitative estimate of drug-likeness (QED) is 0.230. The summed E-state index contributed by atoms with van der Waals surface area (Å²) in [6.07, 6.45) is 6.33. The van der Waals surface area contributed by atoms with Crippen molar-refractivity contribution in [3.8, 4) is 0 Å². The number of hydrogen-bond donors (Lipinski definition) is 1. The van der Waals surface area contributed by atoms with Crippen molar-refractivity contribution in [1.82, 2.24) is 0 Å². The highest BCUT2D eigenvalue weighted by Crippen LogP contribution is 2.27. The maximum absolute atomic E-state index is 8.55. The molecule has 0 spiro atoms. The van der Waals surface area contributed by atoms with Crippen molar-refractivity contribution in [2.24, 2.45) is 0 Å². The van der Waals surface area contributed by atoms with E-state index in [1.54, 1.807) is 0 Å². The van der Waals surface area contributed by atoms with Gasteiger partial charge in [0.15, 0.2) is 0 Å². The van der Waals surface area contributed by atoms with Gasteiger partial charge in [0.2, 0.25) is 0 Å². The van der Waals surface area contributed by atoms with Gasteiger partial charge in [-0.25, -0.2) is 5.26 Å². The maximum Gasteiger partial charge on any atom is 0.0345 e. The van der Waals surface area contributed by atoms with Gasteiger partial charge in [0.1, 0.15) is 0 Å². The topological polar surface area (TPSA) is 202 Å². The fraction of sp³-hybridized carbons (Fsp3) is 1.00. The van der Waals surface area contributed by atoms with Crippen molar-refractivity contribution in [3.63, 3.8) is 0 Å². The molecule has 0 bridgehead atoms. The highest BCUT2D eigenvalue weighted by Gasteiger charge is 2.13. The maximum atomic E-state index is 8.55. The van der Waals surface area contributed by atoms with Crippen LogP contribution in [0.1, 0.15) is 32.1 Å². The van der Waals surface area contributed by atoms with Crippen molar-refractivity contribution in [2.45, 2.75) is 37.4 Å². The zero-order valence-corrected chi connectivity index (χ0v) is 12.1. The minimum Gasteiger partial charge on any atom is -0.822 e. The van der Waals surface area contributed by atoms with E-state index < -0.39 is 15.6 Å². The summed E-state index contributed by atoms with van der Waals surface area (Å²) in [5, 5.41) is 8.63. The van der Waals surface area contributed by atoms with Crippen molar-refractivity contribution in [2.75, 3.05) is 0 Å². The Hall–Kier alpha value is 0.490. The Bertz CT molecular complexity index is 255. The zero-order chi connectivity index (χ0) is 15.5. The van der Waals surface area contributed by atoms with Crippen molar-refractivity contribution in [3.05, 3.63) is 0 Å². The van der Waals surface area contributed by atoms with Gasteiger partial charge in [-0.3, -0.25) is 0 Å². The van der Waals surface area contributed by atoms with Crippen LogP contribution in [-0.2, 0) is 13.5 Å². The minimum atomic E-state index is -5.39. The van der Waals surface area contributed by atoms with Crippen LogP contribution in [-0.4, -0.2) is 10.5 Å². The molecule has 0 aliphatic heterocycles. The Balaban J connectivity index is 0. The second-order valence-corrected chi connectivity index (χ2v) is 6.12. The standard InChI is InChI=1S/C6H12O2S.2H3O4P/c7-8-9-6-4-2-1-3-5-6;2*1-5(2,3)4/h6-7H,1-5H2;2*(H3,1,2,3,4)/p-6. The van der Waals surface area contributed by atoms with Crippen LogP contribution in [0.25, 0.3) is 0 Å². The fourth-order valence-electron chi connectivity index (χ4n) is 1.22. The minimum absolute atomic E-state index is 0.545. The van der Waals surface area contributed by atoms with Gasteiger partial charge in [-0.2, -0.15) is 20.0 Å². The molecule has 1 aliphatic carbocycles. The van der Waals surface area contributed by atoms with Gasteiger partial charge < -0.3 is 38.5 Å². The van der Waals surface area contributed by atoms with Gasteiger partial charge >= 0.3 is 0 Å². The van der Waals surface area contributed by atoms with Crippen LogP contribution in [0.3, 0.4) is 0 Å². The van der Waals surface area contributed by atoms with Gasteiger partial charge in [0.05, 0.1) is 0 Å². The summed E-state index contributed by atoms with van der Waals surface area (Å²) in [6, 6.07) is 0. The van der Waals surface area contributed by atoms with Crippen LogP contribution in [0.5, 0.6) is 0 Å². The summed E-state index contributed by atoms with van der Waals surface area (Å²) in [6.45, 7) is 0. The van der Waals surface area contributed by atoms with Gasteiger partial charge in [-0.15, -0.1) is 0 Å². The molecule has 0 saturated heterocycles. The molecule has 0 aromatic carbocycles. The molecule has 1 N–H and O–H groups in total. The molecule has 0 aromatic rings. The molecule has 118 valence electrons. The third-order valence-corrected chi connectivity index (χ3v) is 2.56.